The molecule has 0 atom stereocenters. The fourth-order valence-corrected chi connectivity index (χ4v) is 2.00. The van der Waals surface area contributed by atoms with Crippen LogP contribution in [0.4, 0.5) is 0 Å². The summed E-state index contributed by atoms with van der Waals surface area (Å²) in [6.07, 6.45) is 0.672. The summed E-state index contributed by atoms with van der Waals surface area (Å²) in [6, 6.07) is 6.75. The van der Waals surface area contributed by atoms with Gasteiger partial charge >= 0.3 is 0 Å². The average Bonchev–Trinajstić information content (AvgIpc) is 2.16. The molecule has 0 amide bonds. The van der Waals surface area contributed by atoms with Gasteiger partial charge in [0.25, 0.3) is 0 Å². The topological polar surface area (TPSA) is 46.2 Å². The third-order valence-corrected chi connectivity index (χ3v) is 3.14. The summed E-state index contributed by atoms with van der Waals surface area (Å²) in [5.74, 6) is 0. The van der Waals surface area contributed by atoms with Gasteiger partial charge < -0.3 is 0 Å². The van der Waals surface area contributed by atoms with Crippen molar-refractivity contribution in [1.29, 1.82) is 0 Å². The number of rotatable bonds is 4. The maximum atomic E-state index is 11.6. The number of aryl methyl sites for hydroxylation is 1. The minimum atomic E-state index is -3.34. The van der Waals surface area contributed by atoms with Crippen molar-refractivity contribution >= 4 is 10.0 Å². The fourth-order valence-electron chi connectivity index (χ4n) is 0.979. The molecule has 3 nitrogen and oxygen atoms in total. The van der Waals surface area contributed by atoms with Gasteiger partial charge in [0.05, 0.1) is 4.90 Å². The fraction of sp³-hybridized carbons (Fsp3) is 0.300. The standard InChI is InChI=1S/C10H14NO2S/c1-3-8-11-14(12,13)10-6-4-9(2)5-7-10/h4-8,11H,3H2,1-2H3. The maximum Gasteiger partial charge on any atom is 0.240 e. The van der Waals surface area contributed by atoms with E-state index in [1.54, 1.807) is 24.3 Å². The van der Waals surface area contributed by atoms with Crippen molar-refractivity contribution in [3.63, 3.8) is 0 Å². The second kappa shape index (κ2) is 4.57. The molecule has 4 heteroatoms. The zero-order chi connectivity index (χ0) is 10.6. The lowest BCUT2D eigenvalue weighted by atomic mass is 10.2. The van der Waals surface area contributed by atoms with Gasteiger partial charge in [-0.15, -0.1) is 0 Å². The van der Waals surface area contributed by atoms with Gasteiger partial charge in [-0.2, -0.15) is 0 Å². The molecule has 1 aromatic carbocycles. The average molecular weight is 212 g/mol. The van der Waals surface area contributed by atoms with E-state index in [1.807, 2.05) is 13.8 Å². The molecule has 1 radical (unpaired) electrons. The van der Waals surface area contributed by atoms with E-state index in [0.29, 0.717) is 11.3 Å². The minimum Gasteiger partial charge on any atom is -0.207 e. The molecule has 0 saturated heterocycles. The summed E-state index contributed by atoms with van der Waals surface area (Å²) >= 11 is 0. The Labute approximate surface area is 85.2 Å². The number of hydrogen-bond acceptors (Lipinski definition) is 2. The van der Waals surface area contributed by atoms with Crippen molar-refractivity contribution in [2.75, 3.05) is 0 Å². The van der Waals surface area contributed by atoms with Crippen LogP contribution in [0.3, 0.4) is 0 Å². The molecule has 0 bridgehead atoms. The molecule has 0 spiro atoms. The van der Waals surface area contributed by atoms with E-state index in [2.05, 4.69) is 4.72 Å². The maximum absolute atomic E-state index is 11.6. The van der Waals surface area contributed by atoms with Crippen LogP contribution in [0.2, 0.25) is 0 Å². The highest BCUT2D eigenvalue weighted by Gasteiger charge is 2.11. The van der Waals surface area contributed by atoms with Gasteiger partial charge in [-0.3, -0.25) is 0 Å². The molecule has 0 aliphatic carbocycles. The van der Waals surface area contributed by atoms with Gasteiger partial charge in [-0.05, 0) is 25.5 Å². The first-order valence-corrected chi connectivity index (χ1v) is 5.95. The molecule has 0 aromatic heterocycles. The van der Waals surface area contributed by atoms with Crippen LogP contribution in [0.1, 0.15) is 18.9 Å². The van der Waals surface area contributed by atoms with E-state index in [9.17, 15) is 8.42 Å². The molecule has 0 fully saturated rings. The van der Waals surface area contributed by atoms with E-state index in [4.69, 9.17) is 0 Å². The summed E-state index contributed by atoms with van der Waals surface area (Å²) in [5.41, 5.74) is 1.04. The lowest BCUT2D eigenvalue weighted by Crippen LogP contribution is -2.20. The van der Waals surface area contributed by atoms with Crippen LogP contribution in [0.15, 0.2) is 29.2 Å². The first-order chi connectivity index (χ1) is 6.56. The van der Waals surface area contributed by atoms with Crippen LogP contribution in [-0.2, 0) is 10.0 Å². The van der Waals surface area contributed by atoms with Gasteiger partial charge in [0.2, 0.25) is 10.0 Å². The van der Waals surface area contributed by atoms with E-state index in [0.717, 1.165) is 5.56 Å². The molecule has 1 N–H and O–H groups in total. The summed E-state index contributed by atoms with van der Waals surface area (Å²) in [4.78, 5) is 0.299. The Hall–Kier alpha value is -0.870. The zero-order valence-corrected chi connectivity index (χ0v) is 9.14. The Morgan fingerprint density at radius 1 is 1.29 bits per heavy atom. The molecule has 0 unspecified atom stereocenters. The van der Waals surface area contributed by atoms with Gasteiger partial charge in [0.15, 0.2) is 0 Å². The molecule has 0 saturated carbocycles. The van der Waals surface area contributed by atoms with Gasteiger partial charge in [0, 0.05) is 6.54 Å². The van der Waals surface area contributed by atoms with Gasteiger partial charge in [-0.25, -0.2) is 13.1 Å². The van der Waals surface area contributed by atoms with Crippen molar-refractivity contribution in [1.82, 2.24) is 4.72 Å². The third-order valence-electron chi connectivity index (χ3n) is 1.77. The van der Waals surface area contributed by atoms with E-state index in [-0.39, 0.29) is 0 Å². The second-order valence-corrected chi connectivity index (χ2v) is 4.76. The van der Waals surface area contributed by atoms with Crippen molar-refractivity contribution in [3.8, 4) is 0 Å². The lowest BCUT2D eigenvalue weighted by Gasteiger charge is -2.04. The molecule has 77 valence electrons. The molecule has 0 aliphatic heterocycles. The minimum absolute atomic E-state index is 0.299. The highest BCUT2D eigenvalue weighted by Crippen LogP contribution is 2.09. The number of nitrogens with one attached hydrogen (secondary N) is 1. The molecular weight excluding hydrogens is 198 g/mol. The van der Waals surface area contributed by atoms with Crippen LogP contribution in [0.25, 0.3) is 0 Å². The summed E-state index contributed by atoms with van der Waals surface area (Å²) in [5, 5.41) is 0. The van der Waals surface area contributed by atoms with Gasteiger partial charge in [-0.1, -0.05) is 24.6 Å². The van der Waals surface area contributed by atoms with Crippen LogP contribution < -0.4 is 4.72 Å². The van der Waals surface area contributed by atoms with Crippen molar-refractivity contribution in [2.24, 2.45) is 0 Å². The van der Waals surface area contributed by atoms with Crippen molar-refractivity contribution in [3.05, 3.63) is 36.4 Å². The molecule has 14 heavy (non-hydrogen) atoms. The molecule has 1 aromatic rings. The smallest absolute Gasteiger partial charge is 0.207 e. The second-order valence-electron chi connectivity index (χ2n) is 3.05. The van der Waals surface area contributed by atoms with E-state index in [1.165, 1.54) is 6.54 Å². The van der Waals surface area contributed by atoms with Crippen LogP contribution >= 0.6 is 0 Å². The first kappa shape index (κ1) is 11.2. The van der Waals surface area contributed by atoms with E-state index >= 15 is 0 Å². The highest BCUT2D eigenvalue weighted by atomic mass is 32.2. The van der Waals surface area contributed by atoms with E-state index < -0.39 is 10.0 Å². The lowest BCUT2D eigenvalue weighted by molar-refractivity contribution is 0.587. The summed E-state index contributed by atoms with van der Waals surface area (Å²) < 4.78 is 25.5. The quantitative estimate of drug-likeness (QED) is 0.827. The zero-order valence-electron chi connectivity index (χ0n) is 8.32. The van der Waals surface area contributed by atoms with Crippen molar-refractivity contribution in [2.45, 2.75) is 25.2 Å². The summed E-state index contributed by atoms with van der Waals surface area (Å²) in [6.45, 7) is 5.31. The summed E-state index contributed by atoms with van der Waals surface area (Å²) in [7, 11) is -3.34. The Kier molecular flexibility index (Phi) is 3.66. The largest absolute Gasteiger partial charge is 0.240 e. The number of benzene rings is 1. The molecule has 1 rings (SSSR count). The number of sulfonamides is 1. The molecular formula is C10H14NO2S. The SMILES string of the molecule is CC[CH]NS(=O)(=O)c1ccc(C)cc1. The van der Waals surface area contributed by atoms with Gasteiger partial charge in [0.1, 0.15) is 0 Å². The molecule has 0 heterocycles. The molecule has 0 aliphatic rings. The van der Waals surface area contributed by atoms with Crippen LogP contribution in [-0.4, -0.2) is 8.42 Å². The predicted octanol–water partition coefficient (Wildman–Crippen LogP) is 1.85. The highest BCUT2D eigenvalue weighted by molar-refractivity contribution is 7.89. The Morgan fingerprint density at radius 2 is 1.86 bits per heavy atom. The first-order valence-electron chi connectivity index (χ1n) is 4.47. The van der Waals surface area contributed by atoms with Crippen LogP contribution in [0.5, 0.6) is 0 Å². The Morgan fingerprint density at radius 3 is 2.36 bits per heavy atom. The number of hydrogen-bond donors (Lipinski definition) is 1. The predicted molar refractivity (Wildman–Crippen MR) is 56.1 cm³/mol. The Bertz CT molecular complexity index is 381. The van der Waals surface area contributed by atoms with Crippen LogP contribution in [0, 0.1) is 13.5 Å². The normalized spacial score (nSPS) is 11.6. The monoisotopic (exact) mass is 212 g/mol. The van der Waals surface area contributed by atoms with Crippen molar-refractivity contribution < 1.29 is 8.42 Å². The third kappa shape index (κ3) is 2.82. The Balaban J connectivity index is 2.87.